The molecule has 2 aromatic carbocycles. The van der Waals surface area contributed by atoms with Crippen LogP contribution in [0.15, 0.2) is 64.8 Å². The molecule has 27 heavy (non-hydrogen) atoms. The minimum atomic E-state index is -3.41. The zero-order valence-corrected chi connectivity index (χ0v) is 15.9. The smallest absolute Gasteiger partial charge is 0.242 e. The van der Waals surface area contributed by atoms with E-state index in [4.69, 9.17) is 0 Å². The van der Waals surface area contributed by atoms with Gasteiger partial charge in [-0.15, -0.1) is 0 Å². The number of azo groups is 1. The molecule has 1 amide bonds. The number of amides is 1. The van der Waals surface area contributed by atoms with Crippen LogP contribution in [0.4, 0.5) is 17.1 Å². The van der Waals surface area contributed by atoms with Crippen LogP contribution in [0.25, 0.3) is 0 Å². The van der Waals surface area contributed by atoms with Crippen molar-refractivity contribution in [2.45, 2.75) is 25.3 Å². The molecule has 1 aliphatic rings. The maximum absolute atomic E-state index is 12.6. The first-order valence-corrected chi connectivity index (χ1v) is 10.6. The van der Waals surface area contributed by atoms with Gasteiger partial charge in [-0.25, -0.2) is 8.42 Å². The van der Waals surface area contributed by atoms with Crippen molar-refractivity contribution in [3.63, 3.8) is 0 Å². The second kappa shape index (κ2) is 8.41. The highest BCUT2D eigenvalue weighted by Crippen LogP contribution is 2.23. The van der Waals surface area contributed by atoms with E-state index in [1.165, 1.54) is 4.31 Å². The number of benzene rings is 2. The van der Waals surface area contributed by atoms with Crippen molar-refractivity contribution in [1.82, 2.24) is 4.31 Å². The largest absolute Gasteiger partial charge is 0.325 e. The highest BCUT2D eigenvalue weighted by atomic mass is 32.2. The molecule has 1 unspecified atom stereocenters. The van der Waals surface area contributed by atoms with Crippen LogP contribution >= 0.6 is 0 Å². The van der Waals surface area contributed by atoms with Crippen molar-refractivity contribution in [2.24, 2.45) is 10.2 Å². The van der Waals surface area contributed by atoms with Gasteiger partial charge in [0.25, 0.3) is 0 Å². The summed E-state index contributed by atoms with van der Waals surface area (Å²) in [6.45, 7) is 0.385. The van der Waals surface area contributed by atoms with Crippen LogP contribution in [0.3, 0.4) is 0 Å². The Balaban J connectivity index is 1.65. The Bertz CT molecular complexity index is 912. The molecule has 1 aliphatic heterocycles. The predicted molar refractivity (Wildman–Crippen MR) is 105 cm³/mol. The van der Waals surface area contributed by atoms with Crippen LogP contribution in [-0.2, 0) is 14.8 Å². The van der Waals surface area contributed by atoms with Crippen LogP contribution < -0.4 is 5.32 Å². The fraction of sp³-hybridized carbons (Fsp3) is 0.316. The van der Waals surface area contributed by atoms with Crippen LogP contribution in [0.1, 0.15) is 19.3 Å². The summed E-state index contributed by atoms with van der Waals surface area (Å²) in [5.41, 5.74) is 2.01. The summed E-state index contributed by atoms with van der Waals surface area (Å²) >= 11 is 0. The third-order valence-corrected chi connectivity index (χ3v) is 5.64. The van der Waals surface area contributed by atoms with E-state index in [0.29, 0.717) is 24.3 Å². The van der Waals surface area contributed by atoms with Crippen molar-refractivity contribution < 1.29 is 13.2 Å². The second-order valence-corrected chi connectivity index (χ2v) is 8.39. The minimum absolute atomic E-state index is 0.307. The second-order valence-electron chi connectivity index (χ2n) is 6.46. The van der Waals surface area contributed by atoms with E-state index < -0.39 is 16.1 Å². The number of hydrogen-bond acceptors (Lipinski definition) is 5. The van der Waals surface area contributed by atoms with Crippen LogP contribution in [0.2, 0.25) is 0 Å². The summed E-state index contributed by atoms with van der Waals surface area (Å²) in [6.07, 6.45) is 3.29. The molecular weight excluding hydrogens is 364 g/mol. The number of carbonyl (C=O) groups is 1. The molecule has 1 heterocycles. The maximum atomic E-state index is 12.6. The number of hydrogen-bond donors (Lipinski definition) is 1. The Hall–Kier alpha value is -2.58. The van der Waals surface area contributed by atoms with Gasteiger partial charge in [-0.1, -0.05) is 24.6 Å². The number of nitrogens with one attached hydrogen (secondary N) is 1. The summed E-state index contributed by atoms with van der Waals surface area (Å²) in [5, 5.41) is 11.1. The van der Waals surface area contributed by atoms with Crippen molar-refractivity contribution >= 4 is 33.0 Å². The SMILES string of the molecule is CS(=O)(=O)N1CCCCC1C(=O)Nc1ccc(N=Nc2ccccc2)cc1. The van der Waals surface area contributed by atoms with E-state index in [-0.39, 0.29) is 5.91 Å². The topological polar surface area (TPSA) is 91.2 Å². The zero-order valence-electron chi connectivity index (χ0n) is 15.1. The number of sulfonamides is 1. The van der Waals surface area contributed by atoms with E-state index in [2.05, 4.69) is 15.5 Å². The Morgan fingerprint density at radius 2 is 1.63 bits per heavy atom. The molecule has 0 saturated carbocycles. The van der Waals surface area contributed by atoms with Crippen molar-refractivity contribution in [2.75, 3.05) is 18.1 Å². The molecule has 1 fully saturated rings. The third kappa shape index (κ3) is 5.21. The first kappa shape index (κ1) is 19.2. The lowest BCUT2D eigenvalue weighted by atomic mass is 10.0. The van der Waals surface area contributed by atoms with E-state index in [0.717, 1.165) is 24.8 Å². The van der Waals surface area contributed by atoms with Gasteiger partial charge in [-0.3, -0.25) is 4.79 Å². The molecule has 2 aromatic rings. The standard InChI is InChI=1S/C19H22N4O3S/c1-27(25,26)23-14-6-5-9-18(23)19(24)20-15-10-12-17(13-11-15)22-21-16-7-3-2-4-8-16/h2-4,7-8,10-13,18H,5-6,9,14H2,1H3,(H,20,24). The average Bonchev–Trinajstić information content (AvgIpc) is 2.67. The number of anilines is 1. The van der Waals surface area contributed by atoms with Gasteiger partial charge in [0.15, 0.2) is 0 Å². The lowest BCUT2D eigenvalue weighted by molar-refractivity contribution is -0.120. The fourth-order valence-corrected chi connectivity index (χ4v) is 4.14. The molecule has 0 bridgehead atoms. The monoisotopic (exact) mass is 386 g/mol. The van der Waals surface area contributed by atoms with Gasteiger partial charge in [0.1, 0.15) is 6.04 Å². The molecule has 0 aliphatic carbocycles. The molecule has 0 spiro atoms. The Kier molecular flexibility index (Phi) is 5.98. The summed E-state index contributed by atoms with van der Waals surface area (Å²) in [4.78, 5) is 12.6. The Labute approximate surface area is 159 Å². The van der Waals surface area contributed by atoms with Crippen molar-refractivity contribution in [3.05, 3.63) is 54.6 Å². The zero-order chi connectivity index (χ0) is 19.3. The van der Waals surface area contributed by atoms with E-state index >= 15 is 0 Å². The van der Waals surface area contributed by atoms with Gasteiger partial charge >= 0.3 is 0 Å². The maximum Gasteiger partial charge on any atom is 0.242 e. The number of piperidine rings is 1. The molecule has 7 nitrogen and oxygen atoms in total. The van der Waals surface area contributed by atoms with Gasteiger partial charge in [0, 0.05) is 12.2 Å². The highest BCUT2D eigenvalue weighted by Gasteiger charge is 2.34. The van der Waals surface area contributed by atoms with Crippen molar-refractivity contribution in [3.8, 4) is 0 Å². The molecular formula is C19H22N4O3S. The Morgan fingerprint density at radius 3 is 2.26 bits per heavy atom. The molecule has 0 radical (unpaired) electrons. The number of carbonyl (C=O) groups excluding carboxylic acids is 1. The fourth-order valence-electron chi connectivity index (χ4n) is 3.01. The van der Waals surface area contributed by atoms with E-state index in [1.807, 2.05) is 30.3 Å². The van der Waals surface area contributed by atoms with Crippen LogP contribution in [0, 0.1) is 0 Å². The molecule has 142 valence electrons. The third-order valence-electron chi connectivity index (χ3n) is 4.35. The lowest BCUT2D eigenvalue weighted by Crippen LogP contribution is -2.49. The highest BCUT2D eigenvalue weighted by molar-refractivity contribution is 7.88. The van der Waals surface area contributed by atoms with Gasteiger partial charge in [-0.05, 0) is 49.2 Å². The predicted octanol–water partition coefficient (Wildman–Crippen LogP) is 3.85. The molecule has 1 saturated heterocycles. The molecule has 1 N–H and O–H groups in total. The normalized spacial score (nSPS) is 18.5. The average molecular weight is 386 g/mol. The summed E-state index contributed by atoms with van der Waals surface area (Å²) in [5.74, 6) is -0.307. The van der Waals surface area contributed by atoms with Gasteiger partial charge in [0.05, 0.1) is 17.6 Å². The summed E-state index contributed by atoms with van der Waals surface area (Å²) in [6, 6.07) is 15.7. The van der Waals surface area contributed by atoms with Gasteiger partial charge < -0.3 is 5.32 Å². The number of rotatable bonds is 5. The molecule has 1 atom stereocenters. The van der Waals surface area contributed by atoms with Crippen molar-refractivity contribution in [1.29, 1.82) is 0 Å². The van der Waals surface area contributed by atoms with Crippen LogP contribution in [-0.4, -0.2) is 37.5 Å². The van der Waals surface area contributed by atoms with E-state index in [9.17, 15) is 13.2 Å². The minimum Gasteiger partial charge on any atom is -0.325 e. The first-order valence-electron chi connectivity index (χ1n) is 8.78. The lowest BCUT2D eigenvalue weighted by Gasteiger charge is -2.32. The molecule has 3 rings (SSSR count). The molecule has 0 aromatic heterocycles. The van der Waals surface area contributed by atoms with E-state index in [1.54, 1.807) is 24.3 Å². The van der Waals surface area contributed by atoms with Gasteiger partial charge in [-0.2, -0.15) is 14.5 Å². The van der Waals surface area contributed by atoms with Gasteiger partial charge in [0.2, 0.25) is 15.9 Å². The molecule has 8 heteroatoms. The van der Waals surface area contributed by atoms with Crippen LogP contribution in [0.5, 0.6) is 0 Å². The summed E-state index contributed by atoms with van der Waals surface area (Å²) < 4.78 is 25.1. The first-order chi connectivity index (χ1) is 12.9. The summed E-state index contributed by atoms with van der Waals surface area (Å²) in [7, 11) is -3.41. The number of nitrogens with zero attached hydrogens (tertiary/aromatic N) is 3. The Morgan fingerprint density at radius 1 is 1.00 bits per heavy atom. The quantitative estimate of drug-likeness (QED) is 0.791.